The van der Waals surface area contributed by atoms with E-state index >= 15 is 0 Å². The number of ether oxygens (including phenoxy) is 1. The minimum atomic E-state index is 0.301. The van der Waals surface area contributed by atoms with Gasteiger partial charge in [-0.15, -0.1) is 0 Å². The molecule has 94 valence electrons. The van der Waals surface area contributed by atoms with Gasteiger partial charge in [-0.2, -0.15) is 0 Å². The van der Waals surface area contributed by atoms with Crippen LogP contribution in [0.4, 0.5) is 5.69 Å². The third-order valence-corrected chi connectivity index (χ3v) is 4.83. The van der Waals surface area contributed by atoms with Crippen LogP contribution in [0, 0.1) is 0 Å². The minimum absolute atomic E-state index is 0.301. The zero-order valence-electron chi connectivity index (χ0n) is 10.9. The number of anilines is 1. The zero-order valence-corrected chi connectivity index (χ0v) is 12.6. The zero-order chi connectivity index (χ0) is 13.0. The summed E-state index contributed by atoms with van der Waals surface area (Å²) >= 11 is 0.301. The summed E-state index contributed by atoms with van der Waals surface area (Å²) in [6.45, 7) is 0. The summed E-state index contributed by atoms with van der Waals surface area (Å²) < 4.78 is 8.04. The average Bonchev–Trinajstić information content (AvgIpc) is 2.39. The molecule has 18 heavy (non-hydrogen) atoms. The van der Waals surface area contributed by atoms with E-state index in [9.17, 15) is 0 Å². The molecule has 0 atom stereocenters. The van der Waals surface area contributed by atoms with Crippen molar-refractivity contribution in [2.75, 3.05) is 26.1 Å². The quantitative estimate of drug-likeness (QED) is 0.792. The van der Waals surface area contributed by atoms with Gasteiger partial charge in [0.1, 0.15) is 0 Å². The van der Waals surface area contributed by atoms with Crippen LogP contribution < -0.4 is 18.6 Å². The molecule has 0 saturated carbocycles. The van der Waals surface area contributed by atoms with Crippen molar-refractivity contribution in [1.82, 2.24) is 0 Å². The van der Waals surface area contributed by atoms with Crippen LogP contribution in [0.1, 0.15) is 0 Å². The third kappa shape index (κ3) is 3.06. The van der Waals surface area contributed by atoms with E-state index in [1.54, 1.807) is 7.11 Å². The predicted octanol–water partition coefficient (Wildman–Crippen LogP) is 1.42. The number of nitrogens with zero attached hydrogens (tertiary/aromatic N) is 1. The second kappa shape index (κ2) is 5.94. The average molecular weight is 306 g/mol. The molecule has 3 heteroatoms. The van der Waals surface area contributed by atoms with Crippen molar-refractivity contribution in [3.63, 3.8) is 0 Å². The first-order chi connectivity index (χ1) is 8.70. The van der Waals surface area contributed by atoms with Crippen LogP contribution in [0.5, 0.6) is 5.75 Å². The first kappa shape index (κ1) is 13.0. The number of methoxy groups -OCH3 is 1. The molecule has 0 fully saturated rings. The van der Waals surface area contributed by atoms with Gasteiger partial charge in [-0.25, -0.2) is 0 Å². The van der Waals surface area contributed by atoms with Gasteiger partial charge < -0.3 is 0 Å². The summed E-state index contributed by atoms with van der Waals surface area (Å²) in [4.78, 5) is 2.15. The molecule has 2 aromatic rings. The summed E-state index contributed by atoms with van der Waals surface area (Å²) in [5, 5.41) is 0. The normalized spacial score (nSPS) is 10.2. The molecule has 0 saturated heterocycles. The number of benzene rings is 2. The van der Waals surface area contributed by atoms with Gasteiger partial charge in [-0.1, -0.05) is 0 Å². The van der Waals surface area contributed by atoms with Crippen molar-refractivity contribution >= 4 is 29.6 Å². The van der Waals surface area contributed by atoms with Gasteiger partial charge in [0, 0.05) is 0 Å². The van der Waals surface area contributed by atoms with Gasteiger partial charge in [0.25, 0.3) is 0 Å². The molecule has 0 N–H and O–H groups in total. The monoisotopic (exact) mass is 307 g/mol. The summed E-state index contributed by atoms with van der Waals surface area (Å²) in [5.41, 5.74) is 1.26. The molecule has 0 aromatic heterocycles. The summed E-state index contributed by atoms with van der Waals surface area (Å²) in [5.74, 6) is 0.924. The van der Waals surface area contributed by atoms with Crippen molar-refractivity contribution < 1.29 is 4.74 Å². The van der Waals surface area contributed by atoms with Crippen LogP contribution in [-0.2, 0) is 0 Å². The van der Waals surface area contributed by atoms with Crippen molar-refractivity contribution in [3.8, 4) is 5.75 Å². The van der Waals surface area contributed by atoms with Gasteiger partial charge >= 0.3 is 115 Å². The summed E-state index contributed by atoms with van der Waals surface area (Å²) in [7, 11) is 5.86. The SMILES string of the molecule is COc1ccc(N(C)C)c([Se]c2ccccc2)c1. The molecule has 2 aromatic carbocycles. The van der Waals surface area contributed by atoms with E-state index in [1.165, 1.54) is 14.6 Å². The van der Waals surface area contributed by atoms with Crippen molar-refractivity contribution in [2.24, 2.45) is 0 Å². The Balaban J connectivity index is 2.35. The number of hydrogen-bond acceptors (Lipinski definition) is 2. The first-order valence-electron chi connectivity index (χ1n) is 5.79. The van der Waals surface area contributed by atoms with E-state index in [-0.39, 0.29) is 0 Å². The van der Waals surface area contributed by atoms with E-state index in [1.807, 2.05) is 6.07 Å². The Morgan fingerprint density at radius 1 is 1.00 bits per heavy atom. The molecule has 0 spiro atoms. The fourth-order valence-electron chi connectivity index (χ4n) is 1.69. The van der Waals surface area contributed by atoms with Gasteiger partial charge in [0.2, 0.25) is 0 Å². The standard InChI is InChI=1S/C15H17NOSe/c1-16(2)14-10-9-12(17-3)11-15(14)18-13-7-5-4-6-8-13/h4-11H,1-3H3. The number of hydrogen-bond donors (Lipinski definition) is 0. The van der Waals surface area contributed by atoms with E-state index in [0.29, 0.717) is 15.0 Å². The van der Waals surface area contributed by atoms with Crippen LogP contribution >= 0.6 is 0 Å². The molecule has 2 nitrogen and oxygen atoms in total. The van der Waals surface area contributed by atoms with Crippen molar-refractivity contribution in [1.29, 1.82) is 0 Å². The van der Waals surface area contributed by atoms with Crippen LogP contribution in [0.15, 0.2) is 48.5 Å². The molecule has 0 amide bonds. The first-order valence-corrected chi connectivity index (χ1v) is 7.50. The second-order valence-corrected chi connectivity index (χ2v) is 6.48. The van der Waals surface area contributed by atoms with Crippen LogP contribution in [0.3, 0.4) is 0 Å². The van der Waals surface area contributed by atoms with E-state index in [4.69, 9.17) is 4.74 Å². The Kier molecular flexibility index (Phi) is 4.29. The Morgan fingerprint density at radius 2 is 1.72 bits per heavy atom. The molecule has 0 aliphatic heterocycles. The summed E-state index contributed by atoms with van der Waals surface area (Å²) in [6, 6.07) is 16.9. The fourth-order valence-corrected chi connectivity index (χ4v) is 3.95. The third-order valence-electron chi connectivity index (χ3n) is 2.62. The van der Waals surface area contributed by atoms with Gasteiger partial charge in [0.15, 0.2) is 0 Å². The van der Waals surface area contributed by atoms with Crippen LogP contribution in [0.2, 0.25) is 0 Å². The molecule has 0 heterocycles. The molecular weight excluding hydrogens is 289 g/mol. The molecule has 2 rings (SSSR count). The Hall–Kier alpha value is -1.44. The molecule has 0 aliphatic rings. The summed E-state index contributed by atoms with van der Waals surface area (Å²) in [6.07, 6.45) is 0. The Labute approximate surface area is 115 Å². The van der Waals surface area contributed by atoms with Gasteiger partial charge in [-0.3, -0.25) is 0 Å². The maximum atomic E-state index is 5.32. The molecule has 0 unspecified atom stereocenters. The Morgan fingerprint density at radius 3 is 2.33 bits per heavy atom. The Bertz CT molecular complexity index is 511. The topological polar surface area (TPSA) is 12.5 Å². The van der Waals surface area contributed by atoms with E-state index < -0.39 is 0 Å². The number of rotatable bonds is 4. The molecular formula is C15H17NOSe. The van der Waals surface area contributed by atoms with Crippen LogP contribution in [0.25, 0.3) is 0 Å². The maximum absolute atomic E-state index is 5.32. The van der Waals surface area contributed by atoms with Gasteiger partial charge in [-0.05, 0) is 0 Å². The molecule has 0 aliphatic carbocycles. The molecule has 0 radical (unpaired) electrons. The fraction of sp³-hybridized carbons (Fsp3) is 0.200. The van der Waals surface area contributed by atoms with Crippen molar-refractivity contribution in [3.05, 3.63) is 48.5 Å². The van der Waals surface area contributed by atoms with E-state index in [2.05, 4.69) is 61.5 Å². The second-order valence-electron chi connectivity index (χ2n) is 4.14. The predicted molar refractivity (Wildman–Crippen MR) is 78.8 cm³/mol. The molecule has 0 bridgehead atoms. The van der Waals surface area contributed by atoms with E-state index in [0.717, 1.165) is 5.75 Å². The van der Waals surface area contributed by atoms with Crippen molar-refractivity contribution in [2.45, 2.75) is 0 Å². The van der Waals surface area contributed by atoms with Gasteiger partial charge in [0.05, 0.1) is 0 Å². The van der Waals surface area contributed by atoms with Crippen LogP contribution in [-0.4, -0.2) is 36.2 Å².